The summed E-state index contributed by atoms with van der Waals surface area (Å²) in [6.07, 6.45) is 5.01. The molecule has 4 atom stereocenters. The van der Waals surface area contributed by atoms with Gasteiger partial charge in [-0.05, 0) is 57.3 Å². The number of hydrogen-bond donors (Lipinski definition) is 1. The van der Waals surface area contributed by atoms with Crippen molar-refractivity contribution in [1.82, 2.24) is 4.90 Å². The zero-order valence-corrected chi connectivity index (χ0v) is 14.3. The van der Waals surface area contributed by atoms with Gasteiger partial charge in [-0.25, -0.2) is 0 Å². The zero-order chi connectivity index (χ0) is 16.2. The number of hydrogen-bond acceptors (Lipinski definition) is 4. The molecule has 0 aromatic heterocycles. The van der Waals surface area contributed by atoms with E-state index in [0.29, 0.717) is 0 Å². The van der Waals surface area contributed by atoms with Crippen LogP contribution >= 0.6 is 0 Å². The van der Waals surface area contributed by atoms with E-state index in [1.807, 2.05) is 6.07 Å². The molecule has 126 valence electrons. The first-order valence-corrected chi connectivity index (χ1v) is 8.89. The van der Waals surface area contributed by atoms with Gasteiger partial charge in [-0.15, -0.1) is 0 Å². The minimum Gasteiger partial charge on any atom is -0.493 e. The van der Waals surface area contributed by atoms with E-state index < -0.39 is 5.60 Å². The van der Waals surface area contributed by atoms with Gasteiger partial charge in [0.1, 0.15) is 6.10 Å². The van der Waals surface area contributed by atoms with Crippen LogP contribution in [0, 0.1) is 0 Å². The van der Waals surface area contributed by atoms with E-state index in [-0.39, 0.29) is 18.1 Å². The van der Waals surface area contributed by atoms with Gasteiger partial charge in [0.2, 0.25) is 0 Å². The third kappa shape index (κ3) is 2.04. The van der Waals surface area contributed by atoms with Gasteiger partial charge < -0.3 is 19.5 Å². The smallest absolute Gasteiger partial charge is 0.165 e. The van der Waals surface area contributed by atoms with Crippen molar-refractivity contribution in [2.45, 2.75) is 62.7 Å². The van der Waals surface area contributed by atoms with Crippen molar-refractivity contribution >= 4 is 0 Å². The van der Waals surface area contributed by atoms with Crippen LogP contribution in [0.25, 0.3) is 0 Å². The van der Waals surface area contributed by atoms with Gasteiger partial charge in [0.25, 0.3) is 0 Å². The van der Waals surface area contributed by atoms with Crippen molar-refractivity contribution in [2.75, 3.05) is 20.7 Å². The highest BCUT2D eigenvalue weighted by Gasteiger charge is 2.59. The van der Waals surface area contributed by atoms with Crippen molar-refractivity contribution in [3.05, 3.63) is 23.3 Å². The second kappa shape index (κ2) is 5.38. The summed E-state index contributed by atoms with van der Waals surface area (Å²) in [6, 6.07) is 4.36. The fourth-order valence-electron chi connectivity index (χ4n) is 5.17. The number of benzene rings is 1. The van der Waals surface area contributed by atoms with Crippen LogP contribution in [0.15, 0.2) is 12.1 Å². The summed E-state index contributed by atoms with van der Waals surface area (Å²) in [5, 5.41) is 11.7. The zero-order valence-electron chi connectivity index (χ0n) is 14.3. The Morgan fingerprint density at radius 2 is 2.26 bits per heavy atom. The van der Waals surface area contributed by atoms with Crippen molar-refractivity contribution in [3.8, 4) is 11.5 Å². The Labute approximate surface area is 138 Å². The summed E-state index contributed by atoms with van der Waals surface area (Å²) >= 11 is 0. The summed E-state index contributed by atoms with van der Waals surface area (Å²) in [7, 11) is 3.84. The molecule has 1 aliphatic heterocycles. The van der Waals surface area contributed by atoms with Gasteiger partial charge in [-0.1, -0.05) is 13.0 Å². The van der Waals surface area contributed by atoms with Crippen molar-refractivity contribution in [3.63, 3.8) is 0 Å². The molecule has 4 heteroatoms. The Balaban J connectivity index is 1.84. The minimum atomic E-state index is -0.683. The average molecular weight is 317 g/mol. The van der Waals surface area contributed by atoms with Gasteiger partial charge in [0.05, 0.1) is 18.6 Å². The van der Waals surface area contributed by atoms with E-state index in [9.17, 15) is 5.11 Å². The Morgan fingerprint density at radius 1 is 1.43 bits per heavy atom. The third-order valence-corrected chi connectivity index (χ3v) is 6.13. The first-order chi connectivity index (χ1) is 11.1. The molecule has 0 bridgehead atoms. The summed E-state index contributed by atoms with van der Waals surface area (Å²) in [4.78, 5) is 2.35. The van der Waals surface area contributed by atoms with Crippen LogP contribution in [0.1, 0.15) is 49.7 Å². The maximum absolute atomic E-state index is 11.7. The highest BCUT2D eigenvalue weighted by atomic mass is 16.5. The van der Waals surface area contributed by atoms with E-state index in [1.165, 1.54) is 11.1 Å². The van der Waals surface area contributed by atoms with Crippen molar-refractivity contribution < 1.29 is 14.6 Å². The predicted molar refractivity (Wildman–Crippen MR) is 89.4 cm³/mol. The highest BCUT2D eigenvalue weighted by molar-refractivity contribution is 5.58. The van der Waals surface area contributed by atoms with E-state index in [0.717, 1.165) is 50.1 Å². The molecule has 1 fully saturated rings. The van der Waals surface area contributed by atoms with Crippen molar-refractivity contribution in [1.29, 1.82) is 0 Å². The molecular weight excluding hydrogens is 290 g/mol. The largest absolute Gasteiger partial charge is 0.493 e. The van der Waals surface area contributed by atoms with Gasteiger partial charge in [-0.2, -0.15) is 0 Å². The topological polar surface area (TPSA) is 41.9 Å². The Morgan fingerprint density at radius 3 is 3.00 bits per heavy atom. The summed E-state index contributed by atoms with van der Waals surface area (Å²) < 4.78 is 11.8. The fourth-order valence-corrected chi connectivity index (χ4v) is 5.17. The van der Waals surface area contributed by atoms with Crippen LogP contribution in [0.3, 0.4) is 0 Å². The number of nitrogens with zero attached hydrogens (tertiary/aromatic N) is 1. The summed E-state index contributed by atoms with van der Waals surface area (Å²) in [6.45, 7) is 3.21. The van der Waals surface area contributed by atoms with Gasteiger partial charge in [-0.3, -0.25) is 0 Å². The average Bonchev–Trinajstić information content (AvgIpc) is 2.93. The Bertz CT molecular complexity index is 617. The number of likely N-dealkylation sites (N-methyl/N-ethyl adjacent to an activating group) is 1. The molecule has 1 aromatic rings. The van der Waals surface area contributed by atoms with Gasteiger partial charge >= 0.3 is 0 Å². The SMILES string of the molecule is CCCN(C)[C@H]1Cc2ccc(OC)c3c2C2C(CCC[C@@]21O)O3. The van der Waals surface area contributed by atoms with E-state index in [2.05, 4.69) is 24.9 Å². The number of methoxy groups -OCH3 is 1. The van der Waals surface area contributed by atoms with Crippen molar-refractivity contribution in [2.24, 2.45) is 0 Å². The lowest BCUT2D eigenvalue weighted by atomic mass is 9.62. The number of rotatable bonds is 4. The van der Waals surface area contributed by atoms with Crippen LogP contribution in [0.4, 0.5) is 0 Å². The molecule has 1 heterocycles. The predicted octanol–water partition coefficient (Wildman–Crippen LogP) is 2.72. The van der Waals surface area contributed by atoms with Gasteiger partial charge in [0, 0.05) is 11.6 Å². The van der Waals surface area contributed by atoms with Crippen LogP contribution < -0.4 is 9.47 Å². The molecule has 4 nitrogen and oxygen atoms in total. The minimum absolute atomic E-state index is 0.0920. The molecule has 3 aliphatic rings. The maximum atomic E-state index is 11.7. The molecule has 1 saturated carbocycles. The highest BCUT2D eigenvalue weighted by Crippen LogP contribution is 2.58. The second-order valence-corrected chi connectivity index (χ2v) is 7.39. The molecule has 4 rings (SSSR count). The molecule has 2 aliphatic carbocycles. The quantitative estimate of drug-likeness (QED) is 0.927. The molecule has 0 amide bonds. The first-order valence-electron chi connectivity index (χ1n) is 8.89. The molecular formula is C19H27NO3. The van der Waals surface area contributed by atoms with Crippen LogP contribution in [-0.4, -0.2) is 48.5 Å². The van der Waals surface area contributed by atoms with Crippen LogP contribution in [0.5, 0.6) is 11.5 Å². The fraction of sp³-hybridized carbons (Fsp3) is 0.684. The van der Waals surface area contributed by atoms with E-state index in [1.54, 1.807) is 7.11 Å². The lowest BCUT2D eigenvalue weighted by Gasteiger charge is -2.51. The summed E-state index contributed by atoms with van der Waals surface area (Å²) in [5.41, 5.74) is 1.86. The Kier molecular flexibility index (Phi) is 3.58. The molecule has 0 spiro atoms. The maximum Gasteiger partial charge on any atom is 0.165 e. The molecule has 2 unspecified atom stereocenters. The lowest BCUT2D eigenvalue weighted by Crippen LogP contribution is -2.61. The van der Waals surface area contributed by atoms with Crippen LogP contribution in [-0.2, 0) is 6.42 Å². The molecule has 0 saturated heterocycles. The standard InChI is InChI=1S/C19H27NO3/c1-4-10-20(2)15-11-12-7-8-14(22-3)18-16(12)17-13(23-18)6-5-9-19(15,17)21/h7-8,13,15,17,21H,4-6,9-11H2,1-3H3/t13?,15-,17?,19-/m0/s1. The number of aliphatic hydroxyl groups is 1. The molecule has 23 heavy (non-hydrogen) atoms. The lowest BCUT2D eigenvalue weighted by molar-refractivity contribution is -0.107. The van der Waals surface area contributed by atoms with Crippen LogP contribution in [0.2, 0.25) is 0 Å². The van der Waals surface area contributed by atoms with E-state index >= 15 is 0 Å². The number of ether oxygens (including phenoxy) is 2. The second-order valence-electron chi connectivity index (χ2n) is 7.39. The van der Waals surface area contributed by atoms with E-state index in [4.69, 9.17) is 9.47 Å². The third-order valence-electron chi connectivity index (χ3n) is 6.13. The molecule has 1 aromatic carbocycles. The normalized spacial score (nSPS) is 34.2. The Hall–Kier alpha value is -1.26. The molecule has 1 N–H and O–H groups in total. The van der Waals surface area contributed by atoms with Gasteiger partial charge in [0.15, 0.2) is 11.5 Å². The monoisotopic (exact) mass is 317 g/mol. The first kappa shape index (κ1) is 15.3. The molecule has 0 radical (unpaired) electrons. The summed E-state index contributed by atoms with van der Waals surface area (Å²) in [5.74, 6) is 1.78.